The van der Waals surface area contributed by atoms with Crippen molar-refractivity contribution in [1.82, 2.24) is 10.2 Å². The Labute approximate surface area is 193 Å². The lowest BCUT2D eigenvalue weighted by Gasteiger charge is -2.36. The number of nitrogens with zero attached hydrogens (tertiary/aromatic N) is 2. The molecule has 4 rings (SSSR count). The van der Waals surface area contributed by atoms with Crippen molar-refractivity contribution in [1.29, 1.82) is 0 Å². The Morgan fingerprint density at radius 3 is 2.26 bits per heavy atom. The van der Waals surface area contributed by atoms with Crippen molar-refractivity contribution in [2.45, 2.75) is 13.1 Å². The summed E-state index contributed by atoms with van der Waals surface area (Å²) in [6.07, 6.45) is 0. The average Bonchev–Trinajstić information content (AvgIpc) is 2.80. The molecule has 0 atom stereocenters. The first-order chi connectivity index (χ1) is 15.1. The second kappa shape index (κ2) is 10.2. The van der Waals surface area contributed by atoms with E-state index in [4.69, 9.17) is 23.2 Å². The van der Waals surface area contributed by atoms with Crippen LogP contribution in [-0.4, -0.2) is 37.0 Å². The fourth-order valence-electron chi connectivity index (χ4n) is 3.77. The van der Waals surface area contributed by atoms with Crippen molar-refractivity contribution in [3.63, 3.8) is 0 Å². The van der Waals surface area contributed by atoms with E-state index < -0.39 is 0 Å². The molecule has 4 nitrogen and oxygen atoms in total. The van der Waals surface area contributed by atoms with Gasteiger partial charge >= 0.3 is 0 Å². The summed E-state index contributed by atoms with van der Waals surface area (Å²) in [6.45, 7) is 5.36. The van der Waals surface area contributed by atoms with E-state index in [1.807, 2.05) is 30.3 Å². The number of nitrogens with one attached hydrogen (secondary N) is 1. The summed E-state index contributed by atoms with van der Waals surface area (Å²) < 4.78 is 0. The highest BCUT2D eigenvalue weighted by Crippen LogP contribution is 2.21. The lowest BCUT2D eigenvalue weighted by atomic mass is 10.1. The molecule has 1 aliphatic rings. The normalized spacial score (nSPS) is 14.5. The average molecular weight is 454 g/mol. The van der Waals surface area contributed by atoms with E-state index in [1.54, 1.807) is 12.1 Å². The Hall–Kier alpha value is -2.53. The van der Waals surface area contributed by atoms with Crippen molar-refractivity contribution in [3.05, 3.63) is 99.5 Å². The zero-order valence-corrected chi connectivity index (χ0v) is 18.7. The van der Waals surface area contributed by atoms with Gasteiger partial charge in [0.15, 0.2) is 0 Å². The molecular weight excluding hydrogens is 429 g/mol. The van der Waals surface area contributed by atoms with Crippen LogP contribution in [0.2, 0.25) is 10.0 Å². The molecule has 1 fully saturated rings. The first-order valence-electron chi connectivity index (χ1n) is 10.4. The van der Waals surface area contributed by atoms with Gasteiger partial charge in [-0.3, -0.25) is 9.69 Å². The highest BCUT2D eigenvalue weighted by molar-refractivity contribution is 6.35. The van der Waals surface area contributed by atoms with Crippen molar-refractivity contribution in [2.75, 3.05) is 31.1 Å². The van der Waals surface area contributed by atoms with Gasteiger partial charge in [-0.15, -0.1) is 0 Å². The number of rotatable bonds is 6. The van der Waals surface area contributed by atoms with E-state index in [9.17, 15) is 4.79 Å². The molecule has 0 saturated carbocycles. The van der Waals surface area contributed by atoms with Crippen LogP contribution >= 0.6 is 23.2 Å². The van der Waals surface area contributed by atoms with Crippen molar-refractivity contribution in [3.8, 4) is 0 Å². The summed E-state index contributed by atoms with van der Waals surface area (Å²) >= 11 is 12.1. The van der Waals surface area contributed by atoms with Crippen molar-refractivity contribution in [2.24, 2.45) is 0 Å². The van der Waals surface area contributed by atoms with Crippen LogP contribution in [0.5, 0.6) is 0 Å². The topological polar surface area (TPSA) is 35.6 Å². The molecule has 0 spiro atoms. The first kappa shape index (κ1) is 21.7. The smallest absolute Gasteiger partial charge is 0.251 e. The molecule has 160 valence electrons. The molecule has 0 aromatic heterocycles. The summed E-state index contributed by atoms with van der Waals surface area (Å²) in [4.78, 5) is 17.4. The number of amides is 1. The summed E-state index contributed by atoms with van der Waals surface area (Å²) in [5, 5.41) is 4.05. The highest BCUT2D eigenvalue weighted by atomic mass is 35.5. The van der Waals surface area contributed by atoms with Gasteiger partial charge in [0.25, 0.3) is 5.91 Å². The van der Waals surface area contributed by atoms with Crippen LogP contribution in [-0.2, 0) is 13.1 Å². The van der Waals surface area contributed by atoms with E-state index in [2.05, 4.69) is 45.4 Å². The number of carbonyl (C=O) groups is 1. The molecule has 3 aromatic rings. The van der Waals surface area contributed by atoms with Crippen LogP contribution in [0.25, 0.3) is 0 Å². The molecule has 0 radical (unpaired) electrons. The van der Waals surface area contributed by atoms with E-state index >= 15 is 0 Å². The number of halogens is 2. The molecule has 1 aliphatic heterocycles. The summed E-state index contributed by atoms with van der Waals surface area (Å²) in [5.41, 5.74) is 3.98. The molecule has 0 bridgehead atoms. The molecular formula is C25H25Cl2N3O. The van der Waals surface area contributed by atoms with Gasteiger partial charge in [0, 0.05) is 60.6 Å². The number of hydrogen-bond acceptors (Lipinski definition) is 3. The largest absolute Gasteiger partial charge is 0.369 e. The maximum Gasteiger partial charge on any atom is 0.251 e. The third-order valence-corrected chi connectivity index (χ3v) is 6.16. The van der Waals surface area contributed by atoms with Crippen LogP contribution in [0.15, 0.2) is 72.8 Å². The second-order valence-electron chi connectivity index (χ2n) is 7.71. The lowest BCUT2D eigenvalue weighted by molar-refractivity contribution is 0.0951. The molecule has 0 unspecified atom stereocenters. The van der Waals surface area contributed by atoms with Crippen molar-refractivity contribution < 1.29 is 4.79 Å². The van der Waals surface area contributed by atoms with Crippen LogP contribution in [0.4, 0.5) is 5.69 Å². The van der Waals surface area contributed by atoms with E-state index in [0.717, 1.165) is 38.3 Å². The second-order valence-corrected chi connectivity index (χ2v) is 8.56. The molecule has 1 heterocycles. The Bertz CT molecular complexity index is 1020. The van der Waals surface area contributed by atoms with Gasteiger partial charge < -0.3 is 10.2 Å². The highest BCUT2D eigenvalue weighted by Gasteiger charge is 2.17. The van der Waals surface area contributed by atoms with Crippen LogP contribution in [0, 0.1) is 0 Å². The van der Waals surface area contributed by atoms with Gasteiger partial charge in [0.05, 0.1) is 0 Å². The molecule has 6 heteroatoms. The Morgan fingerprint density at radius 1 is 0.871 bits per heavy atom. The van der Waals surface area contributed by atoms with Crippen LogP contribution in [0.3, 0.4) is 0 Å². The number of anilines is 1. The number of hydrogen-bond donors (Lipinski definition) is 1. The maximum atomic E-state index is 12.5. The van der Waals surface area contributed by atoms with Crippen molar-refractivity contribution >= 4 is 34.8 Å². The number of carbonyl (C=O) groups excluding carboxylic acids is 1. The number of benzene rings is 3. The molecule has 31 heavy (non-hydrogen) atoms. The quantitative estimate of drug-likeness (QED) is 0.553. The number of piperazine rings is 1. The minimum atomic E-state index is -0.117. The minimum absolute atomic E-state index is 0.117. The summed E-state index contributed by atoms with van der Waals surface area (Å²) in [7, 11) is 0. The van der Waals surface area contributed by atoms with Gasteiger partial charge in [0.1, 0.15) is 0 Å². The zero-order valence-electron chi connectivity index (χ0n) is 17.2. The van der Waals surface area contributed by atoms with Crippen LogP contribution in [0.1, 0.15) is 21.5 Å². The van der Waals surface area contributed by atoms with Crippen LogP contribution < -0.4 is 10.2 Å². The predicted octanol–water partition coefficient (Wildman–Crippen LogP) is 5.25. The molecule has 3 aromatic carbocycles. The Balaban J connectivity index is 1.27. The van der Waals surface area contributed by atoms with Gasteiger partial charge in [-0.05, 0) is 47.5 Å². The van der Waals surface area contributed by atoms with E-state index in [1.165, 1.54) is 11.3 Å². The molecule has 1 amide bonds. The standard InChI is InChI=1S/C25H25Cl2N3O/c26-22-11-10-21(24(27)16-22)17-28-25(31)20-8-6-19(7-9-20)18-29-12-14-30(15-13-29)23-4-2-1-3-5-23/h1-11,16H,12-15,17-18H2,(H,28,31). The monoisotopic (exact) mass is 453 g/mol. The molecule has 0 aliphatic carbocycles. The summed E-state index contributed by atoms with van der Waals surface area (Å²) in [6, 6.07) is 23.7. The molecule has 1 N–H and O–H groups in total. The first-order valence-corrected chi connectivity index (χ1v) is 11.2. The Kier molecular flexibility index (Phi) is 7.13. The fourth-order valence-corrected chi connectivity index (χ4v) is 4.24. The Morgan fingerprint density at radius 2 is 1.58 bits per heavy atom. The number of para-hydroxylation sites is 1. The SMILES string of the molecule is O=C(NCc1ccc(Cl)cc1Cl)c1ccc(CN2CCN(c3ccccc3)CC2)cc1. The third kappa shape index (κ3) is 5.79. The molecule has 1 saturated heterocycles. The van der Waals surface area contributed by atoms with Gasteiger partial charge in [-0.25, -0.2) is 0 Å². The zero-order chi connectivity index (χ0) is 21.6. The fraction of sp³-hybridized carbons (Fsp3) is 0.240. The third-order valence-electron chi connectivity index (χ3n) is 5.57. The van der Waals surface area contributed by atoms with Gasteiger partial charge in [0.2, 0.25) is 0 Å². The van der Waals surface area contributed by atoms with E-state index in [0.29, 0.717) is 22.2 Å². The van der Waals surface area contributed by atoms with Gasteiger partial charge in [-0.1, -0.05) is 59.6 Å². The van der Waals surface area contributed by atoms with E-state index in [-0.39, 0.29) is 5.91 Å². The minimum Gasteiger partial charge on any atom is -0.369 e. The maximum absolute atomic E-state index is 12.5. The predicted molar refractivity (Wildman–Crippen MR) is 128 cm³/mol. The summed E-state index contributed by atoms with van der Waals surface area (Å²) in [5.74, 6) is -0.117. The lowest BCUT2D eigenvalue weighted by Crippen LogP contribution is -2.45. The van der Waals surface area contributed by atoms with Gasteiger partial charge in [-0.2, -0.15) is 0 Å².